The van der Waals surface area contributed by atoms with Crippen LogP contribution in [0.2, 0.25) is 5.02 Å². The summed E-state index contributed by atoms with van der Waals surface area (Å²) in [5.74, 6) is 2.02. The van der Waals surface area contributed by atoms with Crippen LogP contribution >= 0.6 is 11.6 Å². The molecule has 2 rings (SSSR count). The van der Waals surface area contributed by atoms with Gasteiger partial charge in [0.25, 0.3) is 0 Å². The second-order valence-electron chi connectivity index (χ2n) is 3.54. The quantitative estimate of drug-likeness (QED) is 0.746. The molecule has 14 heavy (non-hydrogen) atoms. The average molecular weight is 213 g/mol. The Morgan fingerprint density at radius 3 is 2.64 bits per heavy atom. The average Bonchev–Trinajstić information content (AvgIpc) is 2.62. The highest BCUT2D eigenvalue weighted by Crippen LogP contribution is 2.39. The molecule has 0 N–H and O–H groups in total. The van der Waals surface area contributed by atoms with Crippen molar-refractivity contribution in [1.29, 1.82) is 0 Å². The van der Waals surface area contributed by atoms with Crippen molar-refractivity contribution in [3.63, 3.8) is 0 Å². The summed E-state index contributed by atoms with van der Waals surface area (Å²) in [6.45, 7) is 4.60. The van der Waals surface area contributed by atoms with E-state index in [1.165, 1.54) is 0 Å². The van der Waals surface area contributed by atoms with E-state index in [0.29, 0.717) is 12.7 Å². The summed E-state index contributed by atoms with van der Waals surface area (Å²) in [5, 5.41) is 0.767. The van der Waals surface area contributed by atoms with Crippen molar-refractivity contribution in [2.24, 2.45) is 0 Å². The molecule has 1 aliphatic heterocycles. The van der Waals surface area contributed by atoms with Gasteiger partial charge in [-0.15, -0.1) is 0 Å². The minimum Gasteiger partial charge on any atom is -0.454 e. The molecule has 1 aliphatic rings. The summed E-state index contributed by atoms with van der Waals surface area (Å²) < 4.78 is 10.5. The van der Waals surface area contributed by atoms with Gasteiger partial charge in [-0.2, -0.15) is 0 Å². The number of benzene rings is 1. The molecule has 0 fully saturated rings. The number of hydrogen-bond acceptors (Lipinski definition) is 2. The third-order valence-electron chi connectivity index (χ3n) is 2.64. The number of ether oxygens (including phenoxy) is 2. The van der Waals surface area contributed by atoms with Gasteiger partial charge in [0.15, 0.2) is 11.5 Å². The van der Waals surface area contributed by atoms with Gasteiger partial charge in [-0.25, -0.2) is 0 Å². The maximum absolute atomic E-state index is 6.15. The normalized spacial score (nSPS) is 15.6. The fourth-order valence-corrected chi connectivity index (χ4v) is 1.87. The molecule has 0 aromatic heterocycles. The molecule has 0 spiro atoms. The van der Waals surface area contributed by atoms with Crippen LogP contribution in [0.25, 0.3) is 0 Å². The van der Waals surface area contributed by atoms with Gasteiger partial charge < -0.3 is 9.47 Å². The Labute approximate surface area is 88.8 Å². The van der Waals surface area contributed by atoms with E-state index in [4.69, 9.17) is 21.1 Å². The second-order valence-corrected chi connectivity index (χ2v) is 3.94. The highest BCUT2D eigenvalue weighted by Gasteiger charge is 2.18. The maximum Gasteiger partial charge on any atom is 0.231 e. The zero-order chi connectivity index (χ0) is 10.1. The Balaban J connectivity index is 2.42. The van der Waals surface area contributed by atoms with E-state index >= 15 is 0 Å². The number of fused-ring (bicyclic) bond motifs is 1. The van der Waals surface area contributed by atoms with Gasteiger partial charge in [0.05, 0.1) is 0 Å². The molecule has 0 saturated heterocycles. The molecule has 1 aromatic carbocycles. The van der Waals surface area contributed by atoms with Gasteiger partial charge in [-0.05, 0) is 24.0 Å². The largest absolute Gasteiger partial charge is 0.454 e. The van der Waals surface area contributed by atoms with E-state index in [1.54, 1.807) is 0 Å². The van der Waals surface area contributed by atoms with Crippen LogP contribution in [-0.2, 0) is 0 Å². The molecule has 0 bridgehead atoms. The monoisotopic (exact) mass is 212 g/mol. The van der Waals surface area contributed by atoms with Crippen molar-refractivity contribution in [1.82, 2.24) is 0 Å². The van der Waals surface area contributed by atoms with Crippen molar-refractivity contribution < 1.29 is 9.47 Å². The van der Waals surface area contributed by atoms with Crippen LogP contribution in [0.4, 0.5) is 0 Å². The third kappa shape index (κ3) is 1.55. The van der Waals surface area contributed by atoms with E-state index in [0.717, 1.165) is 28.5 Å². The number of halogens is 1. The van der Waals surface area contributed by atoms with Crippen LogP contribution in [-0.4, -0.2) is 6.79 Å². The van der Waals surface area contributed by atoms with E-state index in [1.807, 2.05) is 12.1 Å². The van der Waals surface area contributed by atoms with Gasteiger partial charge in [0, 0.05) is 11.1 Å². The molecule has 0 aliphatic carbocycles. The van der Waals surface area contributed by atoms with Crippen molar-refractivity contribution in [2.45, 2.75) is 26.2 Å². The number of hydrogen-bond donors (Lipinski definition) is 0. The molecule has 1 aromatic rings. The molecule has 1 atom stereocenters. The first kappa shape index (κ1) is 9.66. The maximum atomic E-state index is 6.15. The standard InChI is InChI=1S/C11H13ClO2/c1-3-7(2)8-4-10-11(5-9(8)12)14-6-13-10/h4-5,7H,3,6H2,1-2H3. The second kappa shape index (κ2) is 3.70. The lowest BCUT2D eigenvalue weighted by Gasteiger charge is -2.11. The van der Waals surface area contributed by atoms with Crippen molar-refractivity contribution in [3.05, 3.63) is 22.7 Å². The summed E-state index contributed by atoms with van der Waals surface area (Å²) >= 11 is 6.15. The van der Waals surface area contributed by atoms with E-state index in [2.05, 4.69) is 13.8 Å². The molecule has 1 heterocycles. The molecule has 76 valence electrons. The van der Waals surface area contributed by atoms with Crippen LogP contribution in [0.3, 0.4) is 0 Å². The minimum absolute atomic E-state index is 0.301. The topological polar surface area (TPSA) is 18.5 Å². The highest BCUT2D eigenvalue weighted by atomic mass is 35.5. The van der Waals surface area contributed by atoms with Crippen molar-refractivity contribution in [3.8, 4) is 11.5 Å². The Hall–Kier alpha value is -0.890. The van der Waals surface area contributed by atoms with Crippen LogP contribution in [0.15, 0.2) is 12.1 Å². The lowest BCUT2D eigenvalue weighted by atomic mass is 9.98. The zero-order valence-corrected chi connectivity index (χ0v) is 9.10. The van der Waals surface area contributed by atoms with Gasteiger partial charge in [0.1, 0.15) is 0 Å². The van der Waals surface area contributed by atoms with E-state index in [9.17, 15) is 0 Å². The molecular formula is C11H13ClO2. The van der Waals surface area contributed by atoms with Gasteiger partial charge in [0.2, 0.25) is 6.79 Å². The highest BCUT2D eigenvalue weighted by molar-refractivity contribution is 6.31. The fraction of sp³-hybridized carbons (Fsp3) is 0.455. The summed E-state index contributed by atoms with van der Waals surface area (Å²) in [5.41, 5.74) is 1.14. The first-order valence-electron chi connectivity index (χ1n) is 4.81. The zero-order valence-electron chi connectivity index (χ0n) is 8.34. The Morgan fingerprint density at radius 1 is 1.36 bits per heavy atom. The Morgan fingerprint density at radius 2 is 2.00 bits per heavy atom. The molecule has 0 amide bonds. The predicted octanol–water partition coefficient (Wildman–Crippen LogP) is 3.58. The van der Waals surface area contributed by atoms with Crippen molar-refractivity contribution in [2.75, 3.05) is 6.79 Å². The molecule has 0 saturated carbocycles. The fourth-order valence-electron chi connectivity index (χ4n) is 1.53. The van der Waals surface area contributed by atoms with Gasteiger partial charge >= 0.3 is 0 Å². The minimum atomic E-state index is 0.301. The van der Waals surface area contributed by atoms with Crippen LogP contribution in [0.1, 0.15) is 31.7 Å². The lowest BCUT2D eigenvalue weighted by molar-refractivity contribution is 0.174. The lowest BCUT2D eigenvalue weighted by Crippen LogP contribution is -1.93. The molecule has 3 heteroatoms. The first-order chi connectivity index (χ1) is 6.72. The third-order valence-corrected chi connectivity index (χ3v) is 2.96. The molecule has 0 radical (unpaired) electrons. The SMILES string of the molecule is CCC(C)c1cc2c(cc1Cl)OCO2. The Bertz CT molecular complexity index is 349. The Kier molecular flexibility index (Phi) is 2.55. The smallest absolute Gasteiger partial charge is 0.231 e. The molecule has 2 nitrogen and oxygen atoms in total. The van der Waals surface area contributed by atoms with Gasteiger partial charge in [-0.1, -0.05) is 25.4 Å². The molecular weight excluding hydrogens is 200 g/mol. The van der Waals surface area contributed by atoms with Crippen molar-refractivity contribution >= 4 is 11.6 Å². The predicted molar refractivity (Wildman–Crippen MR) is 56.3 cm³/mol. The molecule has 1 unspecified atom stereocenters. The van der Waals surface area contributed by atoms with Gasteiger partial charge in [-0.3, -0.25) is 0 Å². The summed E-state index contributed by atoms with van der Waals surface area (Å²) in [7, 11) is 0. The van der Waals surface area contributed by atoms with E-state index in [-0.39, 0.29) is 0 Å². The van der Waals surface area contributed by atoms with Crippen LogP contribution in [0.5, 0.6) is 11.5 Å². The van der Waals surface area contributed by atoms with Crippen LogP contribution < -0.4 is 9.47 Å². The first-order valence-corrected chi connectivity index (χ1v) is 5.19. The summed E-state index contributed by atoms with van der Waals surface area (Å²) in [6.07, 6.45) is 1.07. The summed E-state index contributed by atoms with van der Waals surface area (Å²) in [4.78, 5) is 0. The summed E-state index contributed by atoms with van der Waals surface area (Å²) in [6, 6.07) is 3.82. The number of rotatable bonds is 2. The van der Waals surface area contributed by atoms with E-state index < -0.39 is 0 Å². The van der Waals surface area contributed by atoms with Crippen LogP contribution in [0, 0.1) is 0 Å².